The molecule has 0 aromatic heterocycles. The summed E-state index contributed by atoms with van der Waals surface area (Å²) in [6.07, 6.45) is -0.578. The van der Waals surface area contributed by atoms with E-state index in [2.05, 4.69) is 5.32 Å². The SMILES string of the molecule is C[C@@H](OC(=O)c1cccc(S(=O)(=O)N2CCc3ccccc3C2)c1)C(=O)N1CCNC1=O. The molecule has 2 heterocycles. The van der Waals surface area contributed by atoms with E-state index in [0.29, 0.717) is 19.5 Å². The van der Waals surface area contributed by atoms with Crippen LogP contribution in [0.5, 0.6) is 0 Å². The van der Waals surface area contributed by atoms with Crippen LogP contribution in [0.2, 0.25) is 0 Å². The number of amides is 3. The number of urea groups is 1. The number of hydrogen-bond donors (Lipinski definition) is 1. The van der Waals surface area contributed by atoms with Gasteiger partial charge in [0.15, 0.2) is 6.10 Å². The average molecular weight is 458 g/mol. The highest BCUT2D eigenvalue weighted by Crippen LogP contribution is 2.25. The highest BCUT2D eigenvalue weighted by molar-refractivity contribution is 7.89. The molecule has 0 saturated carbocycles. The van der Waals surface area contributed by atoms with Gasteiger partial charge >= 0.3 is 12.0 Å². The van der Waals surface area contributed by atoms with Crippen LogP contribution in [-0.2, 0) is 32.5 Å². The molecule has 9 nitrogen and oxygen atoms in total. The van der Waals surface area contributed by atoms with Gasteiger partial charge in [0, 0.05) is 26.2 Å². The van der Waals surface area contributed by atoms with E-state index >= 15 is 0 Å². The first kappa shape index (κ1) is 22.0. The topological polar surface area (TPSA) is 113 Å². The van der Waals surface area contributed by atoms with Crippen LogP contribution in [0, 0.1) is 0 Å². The Balaban J connectivity index is 1.48. The lowest BCUT2D eigenvalue weighted by Crippen LogP contribution is -2.41. The Labute approximate surface area is 186 Å². The lowest BCUT2D eigenvalue weighted by atomic mass is 10.0. The van der Waals surface area contributed by atoms with Crippen LogP contribution in [-0.4, -0.2) is 61.3 Å². The second kappa shape index (κ2) is 8.71. The first-order chi connectivity index (χ1) is 15.3. The predicted octanol–water partition coefficient (Wildman–Crippen LogP) is 1.53. The minimum absolute atomic E-state index is 0.00834. The van der Waals surface area contributed by atoms with Gasteiger partial charge < -0.3 is 10.1 Å². The molecule has 0 radical (unpaired) electrons. The summed E-state index contributed by atoms with van der Waals surface area (Å²) in [6, 6.07) is 12.7. The minimum atomic E-state index is -3.83. The summed E-state index contributed by atoms with van der Waals surface area (Å²) in [5.74, 6) is -1.48. The molecule has 0 spiro atoms. The summed E-state index contributed by atoms with van der Waals surface area (Å²) < 4.78 is 32.9. The number of carbonyl (C=O) groups excluding carboxylic acids is 3. The van der Waals surface area contributed by atoms with E-state index in [0.717, 1.165) is 16.0 Å². The van der Waals surface area contributed by atoms with Gasteiger partial charge in [0.25, 0.3) is 5.91 Å². The van der Waals surface area contributed by atoms with Gasteiger partial charge in [-0.3, -0.25) is 9.69 Å². The van der Waals surface area contributed by atoms with E-state index in [-0.39, 0.29) is 23.5 Å². The fraction of sp³-hybridized carbons (Fsp3) is 0.318. The molecule has 0 unspecified atom stereocenters. The monoisotopic (exact) mass is 457 g/mol. The van der Waals surface area contributed by atoms with E-state index in [9.17, 15) is 22.8 Å². The van der Waals surface area contributed by atoms with Gasteiger partial charge in [0.1, 0.15) is 0 Å². The Bertz CT molecular complexity index is 1180. The number of hydrogen-bond acceptors (Lipinski definition) is 6. The van der Waals surface area contributed by atoms with Crippen molar-refractivity contribution in [2.75, 3.05) is 19.6 Å². The molecule has 0 aliphatic carbocycles. The summed E-state index contributed by atoms with van der Waals surface area (Å²) >= 11 is 0. The number of carbonyl (C=O) groups is 3. The Morgan fingerprint density at radius 3 is 2.53 bits per heavy atom. The molecular formula is C22H23N3O6S. The van der Waals surface area contributed by atoms with Crippen molar-refractivity contribution in [2.45, 2.75) is 30.9 Å². The molecule has 1 N–H and O–H groups in total. The van der Waals surface area contributed by atoms with Gasteiger partial charge in [-0.05, 0) is 42.7 Å². The number of fused-ring (bicyclic) bond motifs is 1. The van der Waals surface area contributed by atoms with E-state index in [1.54, 1.807) is 0 Å². The smallest absolute Gasteiger partial charge is 0.338 e. The van der Waals surface area contributed by atoms with Crippen LogP contribution < -0.4 is 5.32 Å². The number of imide groups is 1. The Morgan fingerprint density at radius 2 is 1.81 bits per heavy atom. The second-order valence-electron chi connectivity index (χ2n) is 7.65. The Kier molecular flexibility index (Phi) is 5.98. The van der Waals surface area contributed by atoms with Crippen molar-refractivity contribution in [1.29, 1.82) is 0 Å². The molecule has 2 aliphatic rings. The normalized spacial score (nSPS) is 17.4. The van der Waals surface area contributed by atoms with Crippen LogP contribution >= 0.6 is 0 Å². The van der Waals surface area contributed by atoms with E-state index in [4.69, 9.17) is 4.74 Å². The zero-order valence-corrected chi connectivity index (χ0v) is 18.3. The van der Waals surface area contributed by atoms with Gasteiger partial charge in [-0.1, -0.05) is 30.3 Å². The summed E-state index contributed by atoms with van der Waals surface area (Å²) in [5.41, 5.74) is 2.09. The van der Waals surface area contributed by atoms with Crippen molar-refractivity contribution in [1.82, 2.24) is 14.5 Å². The molecule has 3 amide bonds. The van der Waals surface area contributed by atoms with E-state index in [1.165, 1.54) is 35.5 Å². The lowest BCUT2D eigenvalue weighted by molar-refractivity contribution is -0.136. The third-order valence-corrected chi connectivity index (χ3v) is 7.40. The standard InChI is InChI=1S/C22H23N3O6S/c1-15(20(26)25-12-10-23-22(25)28)31-21(27)17-7-4-8-19(13-17)32(29,30)24-11-9-16-5-2-3-6-18(16)14-24/h2-8,13,15H,9-12,14H2,1H3,(H,23,28)/t15-/m1/s1. The van der Waals surface area contributed by atoms with Crippen LogP contribution in [0.1, 0.15) is 28.4 Å². The van der Waals surface area contributed by atoms with Gasteiger partial charge in [-0.2, -0.15) is 4.31 Å². The highest BCUT2D eigenvalue weighted by Gasteiger charge is 2.32. The zero-order valence-electron chi connectivity index (χ0n) is 17.5. The second-order valence-corrected chi connectivity index (χ2v) is 9.59. The molecule has 2 aromatic rings. The van der Waals surface area contributed by atoms with Crippen molar-refractivity contribution in [3.8, 4) is 0 Å². The van der Waals surface area contributed by atoms with Crippen molar-refractivity contribution in [3.05, 3.63) is 65.2 Å². The summed E-state index contributed by atoms with van der Waals surface area (Å²) in [7, 11) is -3.83. The first-order valence-corrected chi connectivity index (χ1v) is 11.7. The predicted molar refractivity (Wildman–Crippen MR) is 114 cm³/mol. The third-order valence-electron chi connectivity index (χ3n) is 5.56. The van der Waals surface area contributed by atoms with Crippen LogP contribution in [0.4, 0.5) is 4.79 Å². The van der Waals surface area contributed by atoms with Crippen molar-refractivity contribution in [3.63, 3.8) is 0 Å². The largest absolute Gasteiger partial charge is 0.449 e. The van der Waals surface area contributed by atoms with Gasteiger partial charge in [-0.15, -0.1) is 0 Å². The molecule has 10 heteroatoms. The van der Waals surface area contributed by atoms with E-state index < -0.39 is 34.0 Å². The maximum absolute atomic E-state index is 13.2. The maximum Gasteiger partial charge on any atom is 0.338 e. The third kappa shape index (κ3) is 4.23. The quantitative estimate of drug-likeness (QED) is 0.682. The maximum atomic E-state index is 13.2. The Morgan fingerprint density at radius 1 is 1.06 bits per heavy atom. The van der Waals surface area contributed by atoms with Crippen molar-refractivity contribution in [2.24, 2.45) is 0 Å². The fourth-order valence-electron chi connectivity index (χ4n) is 3.79. The number of benzene rings is 2. The zero-order chi connectivity index (χ0) is 22.9. The lowest BCUT2D eigenvalue weighted by Gasteiger charge is -2.28. The number of ether oxygens (including phenoxy) is 1. The number of rotatable bonds is 5. The van der Waals surface area contributed by atoms with E-state index in [1.807, 2.05) is 24.3 Å². The van der Waals surface area contributed by atoms with Gasteiger partial charge in [0.05, 0.1) is 10.5 Å². The fourth-order valence-corrected chi connectivity index (χ4v) is 5.25. The van der Waals surface area contributed by atoms with Crippen LogP contribution in [0.15, 0.2) is 53.4 Å². The number of nitrogens with zero attached hydrogens (tertiary/aromatic N) is 2. The van der Waals surface area contributed by atoms with Crippen LogP contribution in [0.25, 0.3) is 0 Å². The van der Waals surface area contributed by atoms with Gasteiger partial charge in [-0.25, -0.2) is 18.0 Å². The molecule has 2 aromatic carbocycles. The molecule has 1 atom stereocenters. The van der Waals surface area contributed by atoms with Crippen molar-refractivity contribution >= 4 is 27.9 Å². The number of sulfonamides is 1. The summed E-state index contributed by atoms with van der Waals surface area (Å²) in [6.45, 7) is 2.52. The van der Waals surface area contributed by atoms with Crippen LogP contribution in [0.3, 0.4) is 0 Å². The number of esters is 1. The molecule has 4 rings (SSSR count). The molecule has 1 fully saturated rings. The molecule has 1 saturated heterocycles. The molecule has 0 bridgehead atoms. The minimum Gasteiger partial charge on any atom is -0.449 e. The number of nitrogens with one attached hydrogen (secondary N) is 1. The summed E-state index contributed by atoms with van der Waals surface area (Å²) in [5, 5.41) is 2.51. The molecule has 168 valence electrons. The van der Waals surface area contributed by atoms with Gasteiger partial charge in [0.2, 0.25) is 10.0 Å². The molecule has 2 aliphatic heterocycles. The molecule has 32 heavy (non-hydrogen) atoms. The molecular weight excluding hydrogens is 434 g/mol. The first-order valence-electron chi connectivity index (χ1n) is 10.2. The highest BCUT2D eigenvalue weighted by atomic mass is 32.2. The Hall–Kier alpha value is -3.24. The summed E-state index contributed by atoms with van der Waals surface area (Å²) in [4.78, 5) is 37.5. The van der Waals surface area contributed by atoms with Crippen molar-refractivity contribution < 1.29 is 27.5 Å². The average Bonchev–Trinajstić information content (AvgIpc) is 3.23.